The van der Waals surface area contributed by atoms with Gasteiger partial charge in [0.05, 0.1) is 12.2 Å². The van der Waals surface area contributed by atoms with Gasteiger partial charge < -0.3 is 15.2 Å². The van der Waals surface area contributed by atoms with Gasteiger partial charge in [-0.25, -0.2) is 0 Å². The van der Waals surface area contributed by atoms with Gasteiger partial charge in [-0.15, -0.1) is 0 Å². The van der Waals surface area contributed by atoms with E-state index in [1.54, 1.807) is 0 Å². The Morgan fingerprint density at radius 1 is 1.43 bits per heavy atom. The van der Waals surface area contributed by atoms with Gasteiger partial charge in [0.25, 0.3) is 0 Å². The fourth-order valence-electron chi connectivity index (χ4n) is 2.60. The summed E-state index contributed by atoms with van der Waals surface area (Å²) in [6, 6.07) is 2.14. The Labute approximate surface area is 126 Å². The monoisotopic (exact) mass is 294 g/mol. The number of hydrogen-bond donors (Lipinski definition) is 1. The van der Waals surface area contributed by atoms with Gasteiger partial charge in [-0.2, -0.15) is 0 Å². The highest BCUT2D eigenvalue weighted by molar-refractivity contribution is 5.76. The number of aryl methyl sites for hydroxylation is 1. The maximum absolute atomic E-state index is 12.1. The van der Waals surface area contributed by atoms with Crippen LogP contribution in [0.1, 0.15) is 37.6 Å². The standard InChI is InChI=1S/C15H26N4O2/c1-12(16)4-3-5-15(20)19-8-6-18(7-9-19)11-14-10-13(2)17-21-14/h10,12H,3-9,11,16H2,1-2H3. The van der Waals surface area contributed by atoms with Crippen molar-refractivity contribution in [2.24, 2.45) is 5.73 Å². The quantitative estimate of drug-likeness (QED) is 0.851. The largest absolute Gasteiger partial charge is 0.360 e. The van der Waals surface area contributed by atoms with Crippen LogP contribution in [-0.2, 0) is 11.3 Å². The Bertz CT molecular complexity index is 450. The van der Waals surface area contributed by atoms with Crippen LogP contribution in [0, 0.1) is 6.92 Å². The summed E-state index contributed by atoms with van der Waals surface area (Å²) in [6.07, 6.45) is 2.41. The Morgan fingerprint density at radius 3 is 2.71 bits per heavy atom. The lowest BCUT2D eigenvalue weighted by Crippen LogP contribution is -2.48. The second-order valence-electron chi connectivity index (χ2n) is 5.96. The van der Waals surface area contributed by atoms with Gasteiger partial charge in [0.2, 0.25) is 5.91 Å². The third-order valence-electron chi connectivity index (χ3n) is 3.83. The lowest BCUT2D eigenvalue weighted by molar-refractivity contribution is -0.133. The van der Waals surface area contributed by atoms with E-state index >= 15 is 0 Å². The molecule has 6 nitrogen and oxygen atoms in total. The predicted octanol–water partition coefficient (Wildman–Crippen LogP) is 1.14. The molecule has 0 saturated carbocycles. The van der Waals surface area contributed by atoms with Gasteiger partial charge >= 0.3 is 0 Å². The maximum atomic E-state index is 12.1. The molecule has 1 fully saturated rings. The Hall–Kier alpha value is -1.40. The van der Waals surface area contributed by atoms with Gasteiger partial charge in [0.15, 0.2) is 5.76 Å². The van der Waals surface area contributed by atoms with E-state index in [4.69, 9.17) is 10.3 Å². The molecular weight excluding hydrogens is 268 g/mol. The van der Waals surface area contributed by atoms with E-state index in [1.807, 2.05) is 24.8 Å². The van der Waals surface area contributed by atoms with Crippen LogP contribution in [0.5, 0.6) is 0 Å². The van der Waals surface area contributed by atoms with Crippen LogP contribution in [0.3, 0.4) is 0 Å². The number of piperazine rings is 1. The van der Waals surface area contributed by atoms with Crippen LogP contribution < -0.4 is 5.73 Å². The Kier molecular flexibility index (Phi) is 5.76. The molecule has 1 atom stereocenters. The summed E-state index contributed by atoms with van der Waals surface area (Å²) in [4.78, 5) is 16.3. The normalized spacial score (nSPS) is 18.0. The van der Waals surface area contributed by atoms with E-state index in [0.717, 1.165) is 57.0 Å². The molecule has 118 valence electrons. The summed E-state index contributed by atoms with van der Waals surface area (Å²) in [6.45, 7) is 8.04. The van der Waals surface area contributed by atoms with E-state index in [2.05, 4.69) is 10.1 Å². The van der Waals surface area contributed by atoms with E-state index in [1.165, 1.54) is 0 Å². The first-order valence-corrected chi connectivity index (χ1v) is 7.72. The number of carbonyl (C=O) groups is 1. The maximum Gasteiger partial charge on any atom is 0.222 e. The smallest absolute Gasteiger partial charge is 0.222 e. The minimum absolute atomic E-state index is 0.181. The molecule has 2 heterocycles. The molecular formula is C15H26N4O2. The van der Waals surface area contributed by atoms with Crippen LogP contribution in [0.2, 0.25) is 0 Å². The van der Waals surface area contributed by atoms with Gasteiger partial charge in [0, 0.05) is 44.7 Å². The van der Waals surface area contributed by atoms with Crippen molar-refractivity contribution in [2.75, 3.05) is 26.2 Å². The number of hydrogen-bond acceptors (Lipinski definition) is 5. The highest BCUT2D eigenvalue weighted by atomic mass is 16.5. The molecule has 2 N–H and O–H groups in total. The van der Waals surface area contributed by atoms with Crippen LogP contribution in [0.4, 0.5) is 0 Å². The number of aromatic nitrogens is 1. The molecule has 0 aromatic carbocycles. The number of amides is 1. The second kappa shape index (κ2) is 7.56. The molecule has 21 heavy (non-hydrogen) atoms. The van der Waals surface area contributed by atoms with Gasteiger partial charge in [-0.1, -0.05) is 5.16 Å². The van der Waals surface area contributed by atoms with Gasteiger partial charge in [-0.05, 0) is 26.7 Å². The molecule has 6 heteroatoms. The first kappa shape index (κ1) is 16.0. The van der Waals surface area contributed by atoms with Crippen molar-refractivity contribution in [3.05, 3.63) is 17.5 Å². The van der Waals surface area contributed by atoms with E-state index in [9.17, 15) is 4.79 Å². The highest BCUT2D eigenvalue weighted by Gasteiger charge is 2.21. The van der Waals surface area contributed by atoms with E-state index in [0.29, 0.717) is 6.42 Å². The molecule has 0 radical (unpaired) electrons. The number of nitrogens with zero attached hydrogens (tertiary/aromatic N) is 3. The van der Waals surface area contributed by atoms with Crippen LogP contribution in [-0.4, -0.2) is 53.1 Å². The molecule has 0 bridgehead atoms. The fraction of sp³-hybridized carbons (Fsp3) is 0.733. The first-order valence-electron chi connectivity index (χ1n) is 7.72. The molecule has 1 unspecified atom stereocenters. The van der Waals surface area contributed by atoms with Crippen molar-refractivity contribution < 1.29 is 9.32 Å². The molecule has 1 aliphatic rings. The van der Waals surface area contributed by atoms with Gasteiger partial charge in [0.1, 0.15) is 0 Å². The lowest BCUT2D eigenvalue weighted by Gasteiger charge is -2.34. The summed E-state index contributed by atoms with van der Waals surface area (Å²) in [5.41, 5.74) is 6.61. The van der Waals surface area contributed by atoms with E-state index < -0.39 is 0 Å². The summed E-state index contributed by atoms with van der Waals surface area (Å²) in [7, 11) is 0. The third-order valence-corrected chi connectivity index (χ3v) is 3.83. The molecule has 0 spiro atoms. The van der Waals surface area contributed by atoms with Crippen LogP contribution in [0.25, 0.3) is 0 Å². The summed E-state index contributed by atoms with van der Waals surface area (Å²) >= 11 is 0. The molecule has 0 aliphatic carbocycles. The van der Waals surface area contributed by atoms with Crippen LogP contribution in [0.15, 0.2) is 10.6 Å². The Morgan fingerprint density at radius 2 is 2.14 bits per heavy atom. The summed E-state index contributed by atoms with van der Waals surface area (Å²) in [5.74, 6) is 1.15. The fourth-order valence-corrected chi connectivity index (χ4v) is 2.60. The zero-order valence-electron chi connectivity index (χ0n) is 13.0. The Balaban J connectivity index is 1.69. The number of rotatable bonds is 6. The topological polar surface area (TPSA) is 75.6 Å². The zero-order valence-corrected chi connectivity index (χ0v) is 13.0. The second-order valence-corrected chi connectivity index (χ2v) is 5.96. The average Bonchev–Trinajstić information content (AvgIpc) is 2.84. The zero-order chi connectivity index (χ0) is 15.2. The van der Waals surface area contributed by atoms with Crippen molar-refractivity contribution in [1.82, 2.24) is 15.0 Å². The summed E-state index contributed by atoms with van der Waals surface area (Å²) in [5, 5.41) is 3.90. The van der Waals surface area contributed by atoms with Crippen molar-refractivity contribution in [2.45, 2.75) is 45.7 Å². The molecule has 1 aromatic rings. The average molecular weight is 294 g/mol. The minimum Gasteiger partial charge on any atom is -0.360 e. The molecule has 1 aliphatic heterocycles. The third kappa shape index (κ3) is 5.13. The molecule has 1 aromatic heterocycles. The number of nitrogens with two attached hydrogens (primary N) is 1. The molecule has 1 amide bonds. The highest BCUT2D eigenvalue weighted by Crippen LogP contribution is 2.11. The molecule has 1 saturated heterocycles. The van der Waals surface area contributed by atoms with Gasteiger partial charge in [-0.3, -0.25) is 9.69 Å². The summed E-state index contributed by atoms with van der Waals surface area (Å²) < 4.78 is 5.23. The lowest BCUT2D eigenvalue weighted by atomic mass is 10.1. The first-order chi connectivity index (χ1) is 10.0. The number of carbonyl (C=O) groups excluding carboxylic acids is 1. The molecule has 2 rings (SSSR count). The minimum atomic E-state index is 0.181. The van der Waals surface area contributed by atoms with Crippen molar-refractivity contribution in [3.63, 3.8) is 0 Å². The van der Waals surface area contributed by atoms with Crippen LogP contribution >= 0.6 is 0 Å². The van der Waals surface area contributed by atoms with Crippen molar-refractivity contribution >= 4 is 5.91 Å². The SMILES string of the molecule is Cc1cc(CN2CCN(C(=O)CCCC(C)N)CC2)on1. The predicted molar refractivity (Wildman–Crippen MR) is 80.6 cm³/mol. The van der Waals surface area contributed by atoms with Crippen molar-refractivity contribution in [3.8, 4) is 0 Å². The van der Waals surface area contributed by atoms with Crippen molar-refractivity contribution in [1.29, 1.82) is 0 Å². The van der Waals surface area contributed by atoms with E-state index in [-0.39, 0.29) is 11.9 Å².